The van der Waals surface area contributed by atoms with Crippen molar-refractivity contribution < 1.29 is 9.59 Å². The Bertz CT molecular complexity index is 608. The SMILES string of the molecule is CC(=O)N1C=Cc2ccccc2C1CC(=O)NC(C)(C)CN. The summed E-state index contributed by atoms with van der Waals surface area (Å²) in [6.07, 6.45) is 3.86. The summed E-state index contributed by atoms with van der Waals surface area (Å²) in [6.45, 7) is 5.62. The van der Waals surface area contributed by atoms with Crippen LogP contribution in [0.3, 0.4) is 0 Å². The van der Waals surface area contributed by atoms with Gasteiger partial charge in [-0.05, 0) is 31.1 Å². The van der Waals surface area contributed by atoms with E-state index >= 15 is 0 Å². The summed E-state index contributed by atoms with van der Waals surface area (Å²) in [6, 6.07) is 7.53. The number of nitrogens with zero attached hydrogens (tertiary/aromatic N) is 1. The van der Waals surface area contributed by atoms with Gasteiger partial charge in [0.2, 0.25) is 11.8 Å². The average molecular weight is 301 g/mol. The van der Waals surface area contributed by atoms with E-state index in [-0.39, 0.29) is 24.3 Å². The predicted molar refractivity (Wildman–Crippen MR) is 86.6 cm³/mol. The van der Waals surface area contributed by atoms with Gasteiger partial charge in [-0.1, -0.05) is 24.3 Å². The molecule has 3 N–H and O–H groups in total. The largest absolute Gasteiger partial charge is 0.350 e. The summed E-state index contributed by atoms with van der Waals surface area (Å²) in [5.74, 6) is -0.196. The summed E-state index contributed by atoms with van der Waals surface area (Å²) >= 11 is 0. The number of hydrogen-bond donors (Lipinski definition) is 2. The number of nitrogens with two attached hydrogens (primary N) is 1. The smallest absolute Gasteiger partial charge is 0.223 e. The standard InChI is InChI=1S/C17H23N3O2/c1-12(21)20-9-8-13-6-4-5-7-14(13)15(20)10-16(22)19-17(2,3)11-18/h4-9,15H,10-11,18H2,1-3H3,(H,19,22). The van der Waals surface area contributed by atoms with E-state index in [0.29, 0.717) is 6.54 Å². The molecule has 5 heteroatoms. The summed E-state index contributed by atoms with van der Waals surface area (Å²) in [5.41, 5.74) is 7.22. The van der Waals surface area contributed by atoms with Gasteiger partial charge in [-0.2, -0.15) is 0 Å². The number of nitrogens with one attached hydrogen (secondary N) is 1. The lowest BCUT2D eigenvalue weighted by Gasteiger charge is -2.33. The van der Waals surface area contributed by atoms with Gasteiger partial charge < -0.3 is 16.0 Å². The van der Waals surface area contributed by atoms with Crippen molar-refractivity contribution in [2.45, 2.75) is 38.8 Å². The zero-order valence-electron chi connectivity index (χ0n) is 13.3. The molecule has 5 nitrogen and oxygen atoms in total. The number of fused-ring (bicyclic) bond motifs is 1. The second kappa shape index (κ2) is 6.32. The van der Waals surface area contributed by atoms with E-state index in [2.05, 4.69) is 5.32 Å². The van der Waals surface area contributed by atoms with Crippen LogP contribution in [0.2, 0.25) is 0 Å². The first-order valence-corrected chi connectivity index (χ1v) is 7.41. The molecule has 1 atom stereocenters. The number of carbonyl (C=O) groups is 2. The number of amides is 2. The third-order valence-corrected chi connectivity index (χ3v) is 3.84. The van der Waals surface area contributed by atoms with Crippen LogP contribution in [-0.2, 0) is 9.59 Å². The maximum Gasteiger partial charge on any atom is 0.223 e. The van der Waals surface area contributed by atoms with E-state index in [1.165, 1.54) is 6.92 Å². The maximum atomic E-state index is 12.3. The molecular formula is C17H23N3O2. The van der Waals surface area contributed by atoms with Crippen LogP contribution < -0.4 is 11.1 Å². The van der Waals surface area contributed by atoms with Crippen molar-refractivity contribution in [3.8, 4) is 0 Å². The Hall–Kier alpha value is -2.14. The molecule has 1 aromatic carbocycles. The van der Waals surface area contributed by atoms with E-state index in [1.54, 1.807) is 11.1 Å². The molecule has 0 aliphatic carbocycles. The average Bonchev–Trinajstić information content (AvgIpc) is 2.46. The van der Waals surface area contributed by atoms with Gasteiger partial charge in [0.15, 0.2) is 0 Å². The van der Waals surface area contributed by atoms with E-state index in [1.807, 2.05) is 44.2 Å². The molecular weight excluding hydrogens is 278 g/mol. The lowest BCUT2D eigenvalue weighted by molar-refractivity contribution is -0.130. The van der Waals surface area contributed by atoms with Crippen molar-refractivity contribution in [2.75, 3.05) is 6.54 Å². The minimum Gasteiger partial charge on any atom is -0.350 e. The first-order valence-electron chi connectivity index (χ1n) is 7.41. The maximum absolute atomic E-state index is 12.3. The molecule has 118 valence electrons. The van der Waals surface area contributed by atoms with Crippen molar-refractivity contribution in [1.29, 1.82) is 0 Å². The summed E-state index contributed by atoms with van der Waals surface area (Å²) in [7, 11) is 0. The van der Waals surface area contributed by atoms with Gasteiger partial charge >= 0.3 is 0 Å². The zero-order chi connectivity index (χ0) is 16.3. The Labute approximate surface area is 131 Å². The van der Waals surface area contributed by atoms with Gasteiger partial charge in [0.25, 0.3) is 0 Å². The molecule has 0 bridgehead atoms. The normalized spacial score (nSPS) is 17.1. The topological polar surface area (TPSA) is 75.4 Å². The van der Waals surface area contributed by atoms with Gasteiger partial charge in [0.05, 0.1) is 12.5 Å². The second-order valence-electron chi connectivity index (χ2n) is 6.23. The predicted octanol–water partition coefficient (Wildman–Crippen LogP) is 1.80. The minimum absolute atomic E-state index is 0.0818. The Balaban J connectivity index is 2.24. The number of benzene rings is 1. The van der Waals surface area contributed by atoms with Crippen molar-refractivity contribution in [1.82, 2.24) is 10.2 Å². The summed E-state index contributed by atoms with van der Waals surface area (Å²) in [4.78, 5) is 25.8. The Kier molecular flexibility index (Phi) is 4.66. The monoisotopic (exact) mass is 301 g/mol. The molecule has 1 aliphatic heterocycles. The van der Waals surface area contributed by atoms with Gasteiger partial charge in [-0.15, -0.1) is 0 Å². The second-order valence-corrected chi connectivity index (χ2v) is 6.23. The number of carbonyl (C=O) groups excluding carboxylic acids is 2. The molecule has 0 fully saturated rings. The van der Waals surface area contributed by atoms with Crippen LogP contribution in [0.25, 0.3) is 6.08 Å². The van der Waals surface area contributed by atoms with Gasteiger partial charge in [-0.3, -0.25) is 9.59 Å². The van der Waals surface area contributed by atoms with Crippen molar-refractivity contribution in [3.05, 3.63) is 41.6 Å². The molecule has 2 rings (SSSR count). The summed E-state index contributed by atoms with van der Waals surface area (Å²) < 4.78 is 0. The molecule has 1 aliphatic rings. The van der Waals surface area contributed by atoms with Crippen LogP contribution in [0.15, 0.2) is 30.5 Å². The van der Waals surface area contributed by atoms with Crippen LogP contribution in [0.4, 0.5) is 0 Å². The van der Waals surface area contributed by atoms with Crippen LogP contribution >= 0.6 is 0 Å². The molecule has 0 spiro atoms. The minimum atomic E-state index is -0.456. The van der Waals surface area contributed by atoms with Crippen molar-refractivity contribution >= 4 is 17.9 Å². The van der Waals surface area contributed by atoms with E-state index < -0.39 is 5.54 Å². The zero-order valence-corrected chi connectivity index (χ0v) is 13.3. The molecule has 0 saturated heterocycles. The lowest BCUT2D eigenvalue weighted by atomic mass is 9.93. The van der Waals surface area contributed by atoms with Gasteiger partial charge in [0.1, 0.15) is 0 Å². The van der Waals surface area contributed by atoms with Crippen molar-refractivity contribution in [2.24, 2.45) is 5.73 Å². The first-order chi connectivity index (χ1) is 10.3. The molecule has 1 aromatic rings. The fourth-order valence-corrected chi connectivity index (χ4v) is 2.57. The highest BCUT2D eigenvalue weighted by molar-refractivity contribution is 5.82. The lowest BCUT2D eigenvalue weighted by Crippen LogP contribution is -2.49. The van der Waals surface area contributed by atoms with Gasteiger partial charge in [-0.25, -0.2) is 0 Å². The Morgan fingerprint density at radius 1 is 1.32 bits per heavy atom. The molecule has 1 unspecified atom stereocenters. The Morgan fingerprint density at radius 3 is 2.64 bits per heavy atom. The third kappa shape index (κ3) is 3.54. The molecule has 0 aromatic heterocycles. The van der Waals surface area contributed by atoms with Crippen LogP contribution in [0.5, 0.6) is 0 Å². The van der Waals surface area contributed by atoms with Crippen molar-refractivity contribution in [3.63, 3.8) is 0 Å². The molecule has 2 amide bonds. The van der Waals surface area contributed by atoms with E-state index in [9.17, 15) is 9.59 Å². The van der Waals surface area contributed by atoms with E-state index in [0.717, 1.165) is 11.1 Å². The van der Waals surface area contributed by atoms with Crippen LogP contribution in [-0.4, -0.2) is 28.8 Å². The fourth-order valence-electron chi connectivity index (χ4n) is 2.57. The fraction of sp³-hybridized carbons (Fsp3) is 0.412. The highest BCUT2D eigenvalue weighted by Crippen LogP contribution is 2.32. The number of rotatable bonds is 4. The van der Waals surface area contributed by atoms with E-state index in [4.69, 9.17) is 5.73 Å². The number of hydrogen-bond acceptors (Lipinski definition) is 3. The first kappa shape index (κ1) is 16.2. The summed E-state index contributed by atoms with van der Waals surface area (Å²) in [5, 5.41) is 2.92. The Morgan fingerprint density at radius 2 is 2.00 bits per heavy atom. The third-order valence-electron chi connectivity index (χ3n) is 3.84. The highest BCUT2D eigenvalue weighted by Gasteiger charge is 2.29. The molecule has 0 radical (unpaired) electrons. The molecule has 22 heavy (non-hydrogen) atoms. The van der Waals surface area contributed by atoms with Crippen LogP contribution in [0.1, 0.15) is 44.4 Å². The van der Waals surface area contributed by atoms with Crippen LogP contribution in [0, 0.1) is 0 Å². The molecule has 0 saturated carbocycles. The van der Waals surface area contributed by atoms with Gasteiger partial charge in [0, 0.05) is 25.2 Å². The highest BCUT2D eigenvalue weighted by atomic mass is 16.2. The quantitative estimate of drug-likeness (QED) is 0.890. The molecule has 1 heterocycles.